The molecule has 2 saturated heterocycles. The summed E-state index contributed by atoms with van der Waals surface area (Å²) in [7, 11) is 3.54. The first-order chi connectivity index (χ1) is 23.8. The van der Waals surface area contributed by atoms with Crippen LogP contribution in [0.4, 0.5) is 0 Å². The van der Waals surface area contributed by atoms with Crippen LogP contribution >= 0.6 is 46.1 Å². The van der Waals surface area contributed by atoms with Gasteiger partial charge in [-0.3, -0.25) is 0 Å². The zero-order chi connectivity index (χ0) is 36.6. The number of rotatable bonds is 8. The number of hydrogen-bond acceptors (Lipinski definition) is 11. The largest absolute Gasteiger partial charge is 0.358 e. The number of pyridine rings is 2. The third-order valence-corrected chi connectivity index (χ3v) is 8.02. The number of thiazole rings is 1. The number of hydrazone groups is 2. The van der Waals surface area contributed by atoms with E-state index in [1.807, 2.05) is 24.1 Å². The van der Waals surface area contributed by atoms with Gasteiger partial charge in [0.25, 0.3) is 11.9 Å². The van der Waals surface area contributed by atoms with Crippen molar-refractivity contribution in [2.24, 2.45) is 15.2 Å². The summed E-state index contributed by atoms with van der Waals surface area (Å²) in [6.45, 7) is 5.21. The van der Waals surface area contributed by atoms with E-state index in [1.165, 1.54) is 11.3 Å². The molecule has 1 N–H and O–H groups in total. The van der Waals surface area contributed by atoms with Crippen LogP contribution < -0.4 is 5.32 Å². The van der Waals surface area contributed by atoms with Crippen LogP contribution in [0.3, 0.4) is 0 Å². The zero-order valence-electron chi connectivity index (χ0n) is 26.9. The molecule has 0 unspecified atom stereocenters. The molecular formula is C27H31Cl3N14O5S. The van der Waals surface area contributed by atoms with Gasteiger partial charge < -0.3 is 29.7 Å². The maximum Gasteiger partial charge on any atom is 0.277 e. The predicted octanol–water partition coefficient (Wildman–Crippen LogP) is 3.78. The fraction of sp³-hybridized carbons (Fsp3) is 0.370. The molecule has 0 atom stereocenters. The highest BCUT2D eigenvalue weighted by Crippen LogP contribution is 2.21. The van der Waals surface area contributed by atoms with Crippen molar-refractivity contribution in [2.45, 2.75) is 26.6 Å². The third kappa shape index (κ3) is 13.5. The maximum atomic E-state index is 10.5. The van der Waals surface area contributed by atoms with Gasteiger partial charge in [-0.1, -0.05) is 46.9 Å². The van der Waals surface area contributed by atoms with Gasteiger partial charge in [0.05, 0.1) is 6.54 Å². The van der Waals surface area contributed by atoms with Crippen molar-refractivity contribution < 1.29 is 14.8 Å². The van der Waals surface area contributed by atoms with Crippen LogP contribution in [0.1, 0.15) is 22.9 Å². The summed E-state index contributed by atoms with van der Waals surface area (Å²) < 4.78 is 5.72. The summed E-state index contributed by atoms with van der Waals surface area (Å²) >= 11 is 18.4. The van der Waals surface area contributed by atoms with E-state index >= 15 is 0 Å². The fourth-order valence-electron chi connectivity index (χ4n) is 4.14. The Bertz CT molecular complexity index is 1720. The molecule has 0 aliphatic carbocycles. The zero-order valence-corrected chi connectivity index (χ0v) is 30.0. The molecule has 3 aromatic heterocycles. The molecule has 5 rings (SSSR count). The number of aromatic nitrogens is 3. The summed E-state index contributed by atoms with van der Waals surface area (Å²) in [4.78, 5) is 44.1. The lowest BCUT2D eigenvalue weighted by Gasteiger charge is -2.34. The molecule has 2 aliphatic heterocycles. The minimum Gasteiger partial charge on any atom is -0.358 e. The number of nitrogens with zero attached hydrogens (tertiary/aromatic N) is 13. The van der Waals surface area contributed by atoms with Gasteiger partial charge in [0.2, 0.25) is 6.19 Å². The van der Waals surface area contributed by atoms with Crippen LogP contribution in [-0.4, -0.2) is 103 Å². The average Bonchev–Trinajstić information content (AvgIpc) is 3.68. The number of aliphatic imine (C=N–C) groups is 1. The van der Waals surface area contributed by atoms with Crippen LogP contribution in [0.2, 0.25) is 14.8 Å². The van der Waals surface area contributed by atoms with Crippen molar-refractivity contribution >= 4 is 63.9 Å². The van der Waals surface area contributed by atoms with Gasteiger partial charge in [-0.2, -0.15) is 10.3 Å². The number of hydrogen-bond donors (Lipinski definition) is 1. The molecule has 3 aromatic rings. The van der Waals surface area contributed by atoms with Crippen molar-refractivity contribution in [1.82, 2.24) is 39.9 Å². The first kappa shape index (κ1) is 39.5. The predicted molar refractivity (Wildman–Crippen MR) is 187 cm³/mol. The fourth-order valence-corrected chi connectivity index (χ4v) is 5.35. The van der Waals surface area contributed by atoms with Gasteiger partial charge >= 0.3 is 0 Å². The molecule has 0 spiro atoms. The highest BCUT2D eigenvalue weighted by molar-refractivity contribution is 7.15. The number of halogens is 3. The Morgan fingerprint density at radius 3 is 2.24 bits per heavy atom. The molecular weight excluding hydrogens is 739 g/mol. The van der Waals surface area contributed by atoms with Crippen LogP contribution in [0.5, 0.6) is 0 Å². The first-order valence-electron chi connectivity index (χ1n) is 14.3. The van der Waals surface area contributed by atoms with E-state index in [4.69, 9.17) is 44.8 Å². The second-order valence-corrected chi connectivity index (χ2v) is 12.7. The number of nitriles is 1. The minimum absolute atomic E-state index is 0.243. The van der Waals surface area contributed by atoms with Crippen molar-refractivity contribution in [3.8, 4) is 6.19 Å². The summed E-state index contributed by atoms with van der Waals surface area (Å²) in [5, 5.41) is 38.2. The van der Waals surface area contributed by atoms with E-state index in [2.05, 4.69) is 35.5 Å². The number of amidine groups is 1. The van der Waals surface area contributed by atoms with E-state index in [1.54, 1.807) is 65.6 Å². The molecule has 0 aromatic carbocycles. The lowest BCUT2D eigenvalue weighted by Crippen LogP contribution is -2.49. The van der Waals surface area contributed by atoms with Gasteiger partial charge in [-0.05, 0) is 30.2 Å². The Kier molecular flexibility index (Phi) is 15.7. The van der Waals surface area contributed by atoms with Crippen LogP contribution in [0.25, 0.3) is 0 Å². The molecule has 0 amide bonds. The van der Waals surface area contributed by atoms with E-state index < -0.39 is 10.1 Å². The molecule has 2 fully saturated rings. The Morgan fingerprint density at radius 1 is 1.02 bits per heavy atom. The Labute approximate surface area is 305 Å². The maximum absolute atomic E-state index is 10.5. The third-order valence-electron chi connectivity index (χ3n) is 6.47. The average molecular weight is 770 g/mol. The van der Waals surface area contributed by atoms with Crippen molar-refractivity contribution in [3.05, 3.63) is 93.9 Å². The van der Waals surface area contributed by atoms with E-state index in [0.29, 0.717) is 53.3 Å². The topological polar surface area (TPSA) is 220 Å². The van der Waals surface area contributed by atoms with Crippen molar-refractivity contribution in [1.29, 1.82) is 5.26 Å². The Morgan fingerprint density at radius 2 is 1.68 bits per heavy atom. The highest BCUT2D eigenvalue weighted by Gasteiger charge is 2.25. The molecule has 50 heavy (non-hydrogen) atoms. The standard InChI is InChI=1S/C10H11ClN4.C9H10ClN5O2.C8H10ClN5O3S/c1-8(14-7-12)15(2)6-9-3-4-10(11)13-5-9;10-8-2-1-7(5-12-8)6-14-4-3-11-9(14)13-15(16)17;1-12-4-17-5-13(8(12)11-14(15)16)3-6-2-10-7(9)18-6/h3-5H,6H2,1-2H3;1-2,5H,3-4,6H2,(H,11,13);2H,3-5H2,1H3/b14-8+;;11-8+. The summed E-state index contributed by atoms with van der Waals surface area (Å²) in [5.74, 6) is 1.22. The van der Waals surface area contributed by atoms with Crippen molar-refractivity contribution in [3.63, 3.8) is 0 Å². The van der Waals surface area contributed by atoms with Crippen LogP contribution in [0.15, 0.2) is 58.1 Å². The molecule has 19 nitrogen and oxygen atoms in total. The Balaban J connectivity index is 0.000000204. The van der Waals surface area contributed by atoms with Gasteiger partial charge in [-0.15, -0.1) is 11.3 Å². The van der Waals surface area contributed by atoms with Crippen molar-refractivity contribution in [2.75, 3.05) is 40.6 Å². The molecule has 23 heteroatoms. The monoisotopic (exact) mass is 768 g/mol. The second-order valence-electron chi connectivity index (χ2n) is 10.2. The SMILES string of the molecule is C/C(=N\C#N)N(C)Cc1ccc(Cl)nc1.CN1COCN(Cc2cnc(Cl)s2)/C1=N/[N+](=O)[O-].O=[N+]([O-])/N=C1\NCCN1Cc1ccc(Cl)nc1. The minimum atomic E-state index is -0.718. The van der Waals surface area contributed by atoms with Gasteiger partial charge in [0.15, 0.2) is 14.5 Å². The van der Waals surface area contributed by atoms with E-state index in [-0.39, 0.29) is 25.4 Å². The van der Waals surface area contributed by atoms with E-state index in [9.17, 15) is 20.2 Å². The summed E-state index contributed by atoms with van der Waals surface area (Å²) in [6.07, 6.45) is 6.73. The molecule has 0 radical (unpaired) electrons. The van der Waals surface area contributed by atoms with E-state index in [0.717, 1.165) is 16.0 Å². The molecule has 2 aliphatic rings. The molecule has 266 valence electrons. The van der Waals surface area contributed by atoms with Gasteiger partial charge in [0.1, 0.15) is 39.8 Å². The lowest BCUT2D eigenvalue weighted by atomic mass is 10.3. The lowest BCUT2D eigenvalue weighted by molar-refractivity contribution is -0.486. The smallest absolute Gasteiger partial charge is 0.277 e. The first-order valence-corrected chi connectivity index (χ1v) is 16.2. The highest BCUT2D eigenvalue weighted by atomic mass is 35.5. The molecule has 5 heterocycles. The normalized spacial score (nSPS) is 15.8. The second kappa shape index (κ2) is 19.9. The van der Waals surface area contributed by atoms with Gasteiger partial charge in [-0.25, -0.2) is 35.2 Å². The number of ether oxygens (including phenoxy) is 1. The van der Waals surface area contributed by atoms with Gasteiger partial charge in [0, 0.05) is 63.7 Å². The quantitative estimate of drug-likeness (QED) is 0.0861. The Hall–Kier alpha value is -4.94. The summed E-state index contributed by atoms with van der Waals surface area (Å²) in [5.41, 5.74) is 1.95. The van der Waals surface area contributed by atoms with Crippen LogP contribution in [-0.2, 0) is 24.4 Å². The number of nitro groups is 2. The summed E-state index contributed by atoms with van der Waals surface area (Å²) in [6, 6.07) is 7.15. The number of nitrogens with one attached hydrogen (secondary N) is 1. The molecule has 0 bridgehead atoms. The number of guanidine groups is 2. The van der Waals surface area contributed by atoms with Crippen LogP contribution in [0, 0.1) is 31.7 Å². The molecule has 0 saturated carbocycles.